The van der Waals surface area contributed by atoms with Crippen molar-refractivity contribution >= 4 is 94.5 Å². The highest BCUT2D eigenvalue weighted by molar-refractivity contribution is 6.01. The number of carbonyl (C=O) groups excluding carboxylic acids is 5. The Morgan fingerprint density at radius 2 is 0.562 bits per heavy atom. The van der Waals surface area contributed by atoms with Crippen LogP contribution in [0.2, 0.25) is 0 Å². The molecule has 0 bridgehead atoms. The van der Waals surface area contributed by atoms with E-state index in [1.54, 1.807) is 37.4 Å². The highest BCUT2D eigenvalue weighted by Crippen LogP contribution is 2.38. The summed E-state index contributed by atoms with van der Waals surface area (Å²) in [4.78, 5) is 59.6. The molecule has 13 nitrogen and oxygen atoms in total. The molecule has 0 fully saturated rings. The molecule has 0 aliphatic carbocycles. The summed E-state index contributed by atoms with van der Waals surface area (Å²) in [7, 11) is 1.67. The Labute approximate surface area is 521 Å². The van der Waals surface area contributed by atoms with Crippen molar-refractivity contribution in [2.45, 2.75) is 116 Å². The second kappa shape index (κ2) is 27.7. The summed E-state index contributed by atoms with van der Waals surface area (Å²) in [5, 5.41) is 12.8. The SMILES string of the molecule is CCC(C)(C)C(=O)Oc1ccc2cc(OC(C)=O)ccc2c1.CCC(C)(C)C(=O)Oc1ccc2cc3c(cc2c1)OCO3.CCC(C)(C)C(=O)Oc1ccc2cc3cc(OC)ccc3cc2c1.CCC(C)(C)C(=O)Oc1ccc2cc3ccccc3cc2c1. The highest BCUT2D eigenvalue weighted by Gasteiger charge is 2.31. The fraction of sp³-hybridized carbons (Fsp3) is 0.303. The van der Waals surface area contributed by atoms with Crippen LogP contribution < -0.4 is 37.9 Å². The van der Waals surface area contributed by atoms with Crippen molar-refractivity contribution in [3.05, 3.63) is 170 Å². The lowest BCUT2D eigenvalue weighted by molar-refractivity contribution is -0.144. The van der Waals surface area contributed by atoms with Crippen LogP contribution in [0.1, 0.15) is 116 Å². The maximum Gasteiger partial charge on any atom is 0.316 e. The maximum absolute atomic E-state index is 12.2. The second-order valence-corrected chi connectivity index (χ2v) is 24.8. The van der Waals surface area contributed by atoms with Crippen molar-refractivity contribution in [1.82, 2.24) is 0 Å². The fourth-order valence-electron chi connectivity index (χ4n) is 8.86. The summed E-state index contributed by atoms with van der Waals surface area (Å²) >= 11 is 0. The first kappa shape index (κ1) is 65.5. The van der Waals surface area contributed by atoms with Gasteiger partial charge in [0.2, 0.25) is 6.79 Å². The van der Waals surface area contributed by atoms with Crippen molar-refractivity contribution in [1.29, 1.82) is 0 Å². The molecule has 10 aromatic carbocycles. The number of hydrogen-bond donors (Lipinski definition) is 0. The van der Waals surface area contributed by atoms with Crippen LogP contribution in [0.3, 0.4) is 0 Å². The van der Waals surface area contributed by atoms with E-state index in [2.05, 4.69) is 36.4 Å². The molecule has 10 aromatic rings. The number of esters is 5. The number of hydrogen-bond acceptors (Lipinski definition) is 13. The Bertz CT molecular complexity index is 4270. The van der Waals surface area contributed by atoms with Gasteiger partial charge in [0.25, 0.3) is 0 Å². The van der Waals surface area contributed by atoms with Gasteiger partial charge < -0.3 is 37.9 Å². The minimum Gasteiger partial charge on any atom is -0.497 e. The topological polar surface area (TPSA) is 159 Å². The minimum atomic E-state index is -0.506. The molecular weight excluding hydrogens is 1120 g/mol. The van der Waals surface area contributed by atoms with Crippen molar-refractivity contribution < 1.29 is 61.9 Å². The van der Waals surface area contributed by atoms with E-state index in [0.717, 1.165) is 90.4 Å². The number of ether oxygens (including phenoxy) is 8. The zero-order chi connectivity index (χ0) is 64.4. The number of fused-ring (bicyclic) bond motifs is 7. The van der Waals surface area contributed by atoms with Gasteiger partial charge in [-0.3, -0.25) is 24.0 Å². The Morgan fingerprint density at radius 1 is 0.326 bits per heavy atom. The molecule has 0 saturated carbocycles. The molecule has 0 saturated heterocycles. The molecule has 1 aliphatic heterocycles. The monoisotopic (exact) mass is 1200 g/mol. The molecule has 11 rings (SSSR count). The predicted octanol–water partition coefficient (Wildman–Crippen LogP) is 18.7. The number of carbonyl (C=O) groups is 5. The third kappa shape index (κ3) is 16.4. The molecule has 0 unspecified atom stereocenters. The molecule has 0 aromatic heterocycles. The lowest BCUT2D eigenvalue weighted by atomic mass is 9.91. The zero-order valence-corrected chi connectivity index (χ0v) is 53.5. The van der Waals surface area contributed by atoms with Crippen LogP contribution in [0.15, 0.2) is 170 Å². The Kier molecular flexibility index (Phi) is 20.4. The maximum atomic E-state index is 12.2. The van der Waals surface area contributed by atoms with Gasteiger partial charge >= 0.3 is 29.8 Å². The normalized spacial score (nSPS) is 12.0. The van der Waals surface area contributed by atoms with E-state index in [1.807, 2.05) is 186 Å². The van der Waals surface area contributed by atoms with E-state index >= 15 is 0 Å². The van der Waals surface area contributed by atoms with Crippen molar-refractivity contribution in [2.24, 2.45) is 21.7 Å². The van der Waals surface area contributed by atoms with E-state index in [1.165, 1.54) is 17.7 Å². The molecular formula is C76H80O13. The molecule has 1 heterocycles. The number of benzene rings is 10. The van der Waals surface area contributed by atoms with Crippen LogP contribution >= 0.6 is 0 Å². The Morgan fingerprint density at radius 3 is 0.876 bits per heavy atom. The summed E-state index contributed by atoms with van der Waals surface area (Å²) in [6.07, 6.45) is 2.94. The highest BCUT2D eigenvalue weighted by atomic mass is 16.7. The van der Waals surface area contributed by atoms with E-state index in [-0.39, 0.29) is 36.6 Å². The van der Waals surface area contributed by atoms with Gasteiger partial charge in [-0.15, -0.1) is 0 Å². The first-order valence-electron chi connectivity index (χ1n) is 30.1. The fourth-order valence-corrected chi connectivity index (χ4v) is 8.86. The molecule has 0 spiro atoms. The van der Waals surface area contributed by atoms with Crippen molar-refractivity contribution in [3.8, 4) is 46.0 Å². The van der Waals surface area contributed by atoms with E-state index in [0.29, 0.717) is 35.2 Å². The first-order chi connectivity index (χ1) is 42.2. The average molecular weight is 1200 g/mol. The van der Waals surface area contributed by atoms with Gasteiger partial charge in [-0.25, -0.2) is 0 Å². The Hall–Kier alpha value is -9.49. The quantitative estimate of drug-likeness (QED) is 0.0576. The smallest absolute Gasteiger partial charge is 0.316 e. The summed E-state index contributed by atoms with van der Waals surface area (Å²) in [5.74, 6) is 3.86. The molecule has 0 N–H and O–H groups in total. The third-order valence-corrected chi connectivity index (χ3v) is 16.6. The molecule has 0 atom stereocenters. The van der Waals surface area contributed by atoms with Gasteiger partial charge in [0.1, 0.15) is 34.5 Å². The standard InChI is InChI=1S/C21H22O3.C20H20O2.C18H20O4.C17H18O4/c1-5-21(2,3)20(22)24-19-9-7-15-10-16-12-18(23-4)8-6-14(16)11-17(15)13-19;1-4-20(2,3)19(21)22-18-10-9-16-11-14-7-5-6-8-15(14)12-17(16)13-18;1-5-18(3,4)17(20)22-16-9-7-13-10-15(21-12(2)19)8-6-14(13)11-16;1-4-17(2,3)16(18)21-13-6-5-11-8-14-15(20-10-19-14)9-12(11)7-13/h6-13H,5H2,1-4H3;5-13H,4H2,1-3H3;6-11H,5H2,1-4H3;5-9H,4,10H2,1-3H3. The van der Waals surface area contributed by atoms with Gasteiger partial charge in [-0.05, 0) is 255 Å². The lowest BCUT2D eigenvalue weighted by Crippen LogP contribution is -2.28. The third-order valence-electron chi connectivity index (χ3n) is 16.6. The van der Waals surface area contributed by atoms with Crippen LogP contribution in [-0.4, -0.2) is 43.7 Å². The van der Waals surface area contributed by atoms with E-state index < -0.39 is 21.7 Å². The van der Waals surface area contributed by atoms with Gasteiger partial charge in [0, 0.05) is 6.92 Å². The minimum absolute atomic E-state index is 0.185. The van der Waals surface area contributed by atoms with E-state index in [9.17, 15) is 24.0 Å². The molecule has 0 radical (unpaired) electrons. The van der Waals surface area contributed by atoms with Gasteiger partial charge in [-0.2, -0.15) is 0 Å². The number of methoxy groups -OCH3 is 1. The summed E-state index contributed by atoms with van der Waals surface area (Å²) in [6.45, 7) is 24.6. The van der Waals surface area contributed by atoms with Crippen LogP contribution in [-0.2, 0) is 24.0 Å². The van der Waals surface area contributed by atoms with Crippen LogP contribution in [0.4, 0.5) is 0 Å². The van der Waals surface area contributed by atoms with Crippen LogP contribution in [0.5, 0.6) is 46.0 Å². The largest absolute Gasteiger partial charge is 0.497 e. The van der Waals surface area contributed by atoms with Gasteiger partial charge in [0.15, 0.2) is 11.5 Å². The van der Waals surface area contributed by atoms with Crippen LogP contribution in [0, 0.1) is 21.7 Å². The number of rotatable bonds is 14. The second-order valence-electron chi connectivity index (χ2n) is 24.8. The Balaban J connectivity index is 0.000000154. The van der Waals surface area contributed by atoms with Gasteiger partial charge in [-0.1, -0.05) is 88.4 Å². The molecule has 89 heavy (non-hydrogen) atoms. The molecule has 0 amide bonds. The molecule has 1 aliphatic rings. The summed E-state index contributed by atoms with van der Waals surface area (Å²) in [6, 6.07) is 54.4. The summed E-state index contributed by atoms with van der Waals surface area (Å²) in [5.41, 5.74) is -1.93. The van der Waals surface area contributed by atoms with Crippen molar-refractivity contribution in [2.75, 3.05) is 13.9 Å². The van der Waals surface area contributed by atoms with Crippen molar-refractivity contribution in [3.63, 3.8) is 0 Å². The first-order valence-corrected chi connectivity index (χ1v) is 30.1. The molecule has 462 valence electrons. The summed E-state index contributed by atoms with van der Waals surface area (Å²) < 4.78 is 43.1. The predicted molar refractivity (Wildman–Crippen MR) is 354 cm³/mol. The zero-order valence-electron chi connectivity index (χ0n) is 53.5. The van der Waals surface area contributed by atoms with Gasteiger partial charge in [0.05, 0.1) is 28.8 Å². The van der Waals surface area contributed by atoms with Crippen LogP contribution in [0.25, 0.3) is 64.6 Å². The lowest BCUT2D eigenvalue weighted by Gasteiger charge is -2.20. The van der Waals surface area contributed by atoms with E-state index in [4.69, 9.17) is 37.9 Å². The molecule has 13 heteroatoms. The average Bonchev–Trinajstić information content (AvgIpc) is 1.78.